The minimum absolute atomic E-state index is 0. The Labute approximate surface area is 130 Å². The molecule has 0 saturated carbocycles. The molecule has 0 bridgehead atoms. The number of benzene rings is 1. The molecule has 12 heteroatoms. The average molecular weight is 412 g/mol. The standard InChI is InChI=1S/C8H8N4O5S2.Ag/c13-18(14,6-4-2-1-3-5-6)11-7-8(10-12-9-7)19(15,16)17;/h1-5H,(H,15,16,17)(H2,9,10,11,12);. The number of sulfonamides is 1. The van der Waals surface area contributed by atoms with Gasteiger partial charge in [0.15, 0.2) is 5.82 Å². The van der Waals surface area contributed by atoms with Gasteiger partial charge >= 0.3 is 10.1 Å². The van der Waals surface area contributed by atoms with E-state index in [0.29, 0.717) is 0 Å². The van der Waals surface area contributed by atoms with Gasteiger partial charge < -0.3 is 0 Å². The molecule has 1 heterocycles. The Morgan fingerprint density at radius 3 is 2.25 bits per heavy atom. The Morgan fingerprint density at radius 1 is 1.10 bits per heavy atom. The van der Waals surface area contributed by atoms with Crippen LogP contribution in [0.1, 0.15) is 0 Å². The monoisotopic (exact) mass is 411 g/mol. The van der Waals surface area contributed by atoms with Crippen molar-refractivity contribution in [2.75, 3.05) is 4.72 Å². The summed E-state index contributed by atoms with van der Waals surface area (Å²) in [7, 11) is -8.68. The molecule has 20 heavy (non-hydrogen) atoms. The van der Waals surface area contributed by atoms with Crippen LogP contribution >= 0.6 is 0 Å². The summed E-state index contributed by atoms with van der Waals surface area (Å²) in [4.78, 5) is -0.0779. The predicted octanol–water partition coefficient (Wildman–Crippen LogP) is -0.150. The number of anilines is 1. The minimum atomic E-state index is -4.68. The van der Waals surface area contributed by atoms with E-state index in [1.165, 1.54) is 24.3 Å². The molecule has 0 saturated heterocycles. The maximum Gasteiger partial charge on any atom is 0.317 e. The Balaban J connectivity index is 0.00000200. The number of hydrogen-bond donors (Lipinski definition) is 3. The van der Waals surface area contributed by atoms with Crippen molar-refractivity contribution in [1.82, 2.24) is 15.4 Å². The third-order valence-corrected chi connectivity index (χ3v) is 4.19. The van der Waals surface area contributed by atoms with Crippen molar-refractivity contribution in [3.63, 3.8) is 0 Å². The molecule has 113 valence electrons. The maximum atomic E-state index is 11.9. The summed E-state index contributed by atoms with van der Waals surface area (Å²) >= 11 is 0. The molecule has 0 atom stereocenters. The first-order valence-corrected chi connectivity index (χ1v) is 7.69. The minimum Gasteiger partial charge on any atom is -0.280 e. The van der Waals surface area contributed by atoms with Gasteiger partial charge in [-0.1, -0.05) is 23.4 Å². The van der Waals surface area contributed by atoms with E-state index >= 15 is 0 Å². The van der Waals surface area contributed by atoms with Crippen LogP contribution in [0.5, 0.6) is 0 Å². The third kappa shape index (κ3) is 3.65. The van der Waals surface area contributed by atoms with Gasteiger partial charge in [-0.15, -0.1) is 5.10 Å². The number of H-pyrrole nitrogens is 1. The van der Waals surface area contributed by atoms with Gasteiger partial charge in [0.25, 0.3) is 10.0 Å². The number of nitrogens with one attached hydrogen (secondary N) is 2. The number of nitrogens with zero attached hydrogens (tertiary/aromatic N) is 2. The molecule has 2 aromatic rings. The van der Waals surface area contributed by atoms with Gasteiger partial charge in [0.05, 0.1) is 4.90 Å². The molecule has 2 rings (SSSR count). The molecule has 0 aliphatic carbocycles. The second kappa shape index (κ2) is 6.03. The van der Waals surface area contributed by atoms with Crippen LogP contribution in [0.3, 0.4) is 0 Å². The molecule has 3 N–H and O–H groups in total. The van der Waals surface area contributed by atoms with Crippen LogP contribution in [0, 0.1) is 0 Å². The van der Waals surface area contributed by atoms with Crippen molar-refractivity contribution < 1.29 is 43.8 Å². The van der Waals surface area contributed by atoms with E-state index in [1.807, 2.05) is 9.82 Å². The van der Waals surface area contributed by atoms with Crippen LogP contribution in [0.25, 0.3) is 0 Å². The Kier molecular flexibility index (Phi) is 5.07. The van der Waals surface area contributed by atoms with Crippen LogP contribution in [0.2, 0.25) is 0 Å². The van der Waals surface area contributed by atoms with Crippen molar-refractivity contribution >= 4 is 26.0 Å². The zero-order chi connectivity index (χ0) is 14.1. The quantitative estimate of drug-likeness (QED) is 0.468. The molecular weight excluding hydrogens is 404 g/mol. The molecule has 0 amide bonds. The van der Waals surface area contributed by atoms with E-state index in [4.69, 9.17) is 4.55 Å². The van der Waals surface area contributed by atoms with Gasteiger partial charge in [0.1, 0.15) is 0 Å². The van der Waals surface area contributed by atoms with E-state index in [9.17, 15) is 16.8 Å². The normalized spacial score (nSPS) is 11.7. The molecule has 0 fully saturated rings. The van der Waals surface area contributed by atoms with Crippen molar-refractivity contribution in [1.29, 1.82) is 0 Å². The Bertz CT molecular complexity index is 787. The van der Waals surface area contributed by atoms with Gasteiger partial charge in [0.2, 0.25) is 5.03 Å². The Hall–Kier alpha value is -1.24. The van der Waals surface area contributed by atoms with Crippen molar-refractivity contribution in [3.05, 3.63) is 30.3 Å². The van der Waals surface area contributed by atoms with Crippen LogP contribution in [0.4, 0.5) is 5.82 Å². The summed E-state index contributed by atoms with van der Waals surface area (Å²) < 4.78 is 56.5. The van der Waals surface area contributed by atoms with E-state index in [1.54, 1.807) is 6.07 Å². The predicted molar refractivity (Wildman–Crippen MR) is 63.4 cm³/mol. The average Bonchev–Trinajstić information content (AvgIpc) is 2.77. The number of aromatic amines is 1. The van der Waals surface area contributed by atoms with Gasteiger partial charge in [-0.2, -0.15) is 8.42 Å². The summed E-state index contributed by atoms with van der Waals surface area (Å²) in [5.41, 5.74) is 0. The van der Waals surface area contributed by atoms with Crippen molar-refractivity contribution in [3.8, 4) is 0 Å². The first kappa shape index (κ1) is 16.8. The topological polar surface area (TPSA) is 142 Å². The summed E-state index contributed by atoms with van der Waals surface area (Å²) in [6, 6.07) is 7.27. The van der Waals surface area contributed by atoms with Gasteiger partial charge in [0, 0.05) is 22.4 Å². The van der Waals surface area contributed by atoms with Gasteiger partial charge in [-0.25, -0.2) is 13.5 Å². The van der Waals surface area contributed by atoms with Crippen molar-refractivity contribution in [2.24, 2.45) is 0 Å². The van der Waals surface area contributed by atoms with Crippen LogP contribution in [-0.4, -0.2) is 36.8 Å². The van der Waals surface area contributed by atoms with Crippen LogP contribution in [0.15, 0.2) is 40.3 Å². The fourth-order valence-electron chi connectivity index (χ4n) is 1.26. The summed E-state index contributed by atoms with van der Waals surface area (Å²) in [6.45, 7) is 0. The maximum absolute atomic E-state index is 11.9. The molecule has 0 unspecified atom stereocenters. The zero-order valence-electron chi connectivity index (χ0n) is 9.48. The van der Waals surface area contributed by atoms with E-state index in [-0.39, 0.29) is 27.3 Å². The van der Waals surface area contributed by atoms with Crippen molar-refractivity contribution in [2.45, 2.75) is 9.92 Å². The number of hydrogen-bond acceptors (Lipinski definition) is 6. The third-order valence-electron chi connectivity index (χ3n) is 2.05. The Morgan fingerprint density at radius 2 is 1.70 bits per heavy atom. The first-order chi connectivity index (χ1) is 8.81. The van der Waals surface area contributed by atoms with Gasteiger partial charge in [-0.05, 0) is 12.1 Å². The summed E-state index contributed by atoms with van der Waals surface area (Å²) in [6.07, 6.45) is 0. The fourth-order valence-corrected chi connectivity index (χ4v) is 2.87. The van der Waals surface area contributed by atoms with Gasteiger partial charge in [-0.3, -0.25) is 9.27 Å². The summed E-state index contributed by atoms with van der Waals surface area (Å²) in [5.74, 6) is -0.536. The second-order valence-electron chi connectivity index (χ2n) is 3.39. The smallest absolute Gasteiger partial charge is 0.280 e. The SMILES string of the molecule is O=S(=O)(O)c1nn[nH]c1NS(=O)(=O)c1ccccc1.[Ag]. The summed E-state index contributed by atoms with van der Waals surface area (Å²) in [5, 5.41) is 7.37. The first-order valence-electron chi connectivity index (χ1n) is 4.77. The van der Waals surface area contributed by atoms with E-state index in [2.05, 4.69) is 10.3 Å². The molecule has 0 aliphatic heterocycles. The molecule has 1 radical (unpaired) electrons. The van der Waals surface area contributed by atoms with E-state index < -0.39 is 31.0 Å². The molecule has 0 aliphatic rings. The molecular formula is C8H8AgN4O5S2. The number of rotatable bonds is 4. The van der Waals surface area contributed by atoms with Crippen LogP contribution < -0.4 is 4.72 Å². The fraction of sp³-hybridized carbons (Fsp3) is 0. The van der Waals surface area contributed by atoms with Crippen LogP contribution in [-0.2, 0) is 42.5 Å². The second-order valence-corrected chi connectivity index (χ2v) is 6.40. The number of aromatic nitrogens is 3. The van der Waals surface area contributed by atoms with E-state index in [0.717, 1.165) is 0 Å². The molecule has 9 nitrogen and oxygen atoms in total. The molecule has 0 spiro atoms. The molecule has 1 aromatic heterocycles. The zero-order valence-corrected chi connectivity index (χ0v) is 12.6. The largest absolute Gasteiger partial charge is 0.317 e. The molecule has 1 aromatic carbocycles.